The van der Waals surface area contributed by atoms with Crippen LogP contribution in [0.2, 0.25) is 0 Å². The van der Waals surface area contributed by atoms with Crippen molar-refractivity contribution in [2.75, 3.05) is 16.8 Å². The fourth-order valence-corrected chi connectivity index (χ4v) is 4.41. The van der Waals surface area contributed by atoms with Gasteiger partial charge in [-0.25, -0.2) is 0 Å². The first-order chi connectivity index (χ1) is 13.3. The molecule has 1 atom stereocenters. The number of nitrogens with one attached hydrogen (secondary N) is 2. The van der Waals surface area contributed by atoms with Crippen molar-refractivity contribution < 1.29 is 9.59 Å². The number of carbonyl (C=O) groups excluding carboxylic acids is 2. The van der Waals surface area contributed by atoms with Gasteiger partial charge >= 0.3 is 0 Å². The van der Waals surface area contributed by atoms with Gasteiger partial charge in [-0.05, 0) is 37.8 Å². The van der Waals surface area contributed by atoms with E-state index in [1.807, 2.05) is 38.1 Å². The Labute approximate surface area is 163 Å². The van der Waals surface area contributed by atoms with Crippen LogP contribution in [0, 0.1) is 5.92 Å². The maximum absolute atomic E-state index is 13.8. The molecule has 0 aliphatic carbocycles. The average molecular weight is 382 g/mol. The van der Waals surface area contributed by atoms with Gasteiger partial charge in [0.2, 0.25) is 11.8 Å². The van der Waals surface area contributed by atoms with Gasteiger partial charge < -0.3 is 10.2 Å². The van der Waals surface area contributed by atoms with Gasteiger partial charge in [-0.3, -0.25) is 24.2 Å². The maximum Gasteiger partial charge on any atom is 0.270 e. The Balaban J connectivity index is 1.97. The van der Waals surface area contributed by atoms with E-state index in [1.165, 1.54) is 0 Å². The van der Waals surface area contributed by atoms with Crippen molar-refractivity contribution in [1.29, 1.82) is 0 Å². The molecule has 3 heterocycles. The summed E-state index contributed by atoms with van der Waals surface area (Å²) in [4.78, 5) is 41.2. The summed E-state index contributed by atoms with van der Waals surface area (Å²) < 4.78 is 1.64. The molecule has 1 aromatic carbocycles. The normalized spacial score (nSPS) is 20.9. The molecule has 4 rings (SSSR count). The van der Waals surface area contributed by atoms with Crippen molar-refractivity contribution in [2.24, 2.45) is 5.92 Å². The average Bonchev–Trinajstić information content (AvgIpc) is 3.08. The Morgan fingerprint density at radius 3 is 2.50 bits per heavy atom. The first-order valence-electron chi connectivity index (χ1n) is 9.83. The lowest BCUT2D eigenvalue weighted by atomic mass is 9.71. The highest BCUT2D eigenvalue weighted by Gasteiger charge is 2.58. The number of amides is 2. The van der Waals surface area contributed by atoms with Crippen molar-refractivity contribution in [2.45, 2.75) is 52.0 Å². The number of fused-ring (bicyclic) bond motifs is 4. The zero-order valence-corrected chi connectivity index (χ0v) is 16.7. The maximum atomic E-state index is 13.8. The fraction of sp³-hybridized carbons (Fsp3) is 0.476. The number of rotatable bonds is 4. The monoisotopic (exact) mass is 382 g/mol. The standard InChI is InChI=1S/C21H26N4O3/c1-12(2)9-10-24-15-8-6-5-7-14(15)21(20(24)28)11-16(26)22-18-17(21)19(27)23-25(18)13(3)4/h5-8,12-13H,9-11H2,1-4H3,(H,22,26)(H,23,27)/t21-/m0/s1. The molecule has 7 heteroatoms. The highest BCUT2D eigenvalue weighted by molar-refractivity contribution is 6.15. The number of nitrogens with zero attached hydrogens (tertiary/aromatic N) is 2. The van der Waals surface area contributed by atoms with Gasteiger partial charge in [0.1, 0.15) is 11.2 Å². The van der Waals surface area contributed by atoms with Gasteiger partial charge in [0, 0.05) is 18.3 Å². The zero-order chi connectivity index (χ0) is 20.2. The second-order valence-corrected chi connectivity index (χ2v) is 8.42. The van der Waals surface area contributed by atoms with Crippen LogP contribution in [0.15, 0.2) is 29.1 Å². The van der Waals surface area contributed by atoms with E-state index >= 15 is 0 Å². The van der Waals surface area contributed by atoms with Gasteiger partial charge in [-0.15, -0.1) is 0 Å². The number of carbonyl (C=O) groups is 2. The first kappa shape index (κ1) is 18.5. The second kappa shape index (κ2) is 6.36. The molecule has 0 bridgehead atoms. The summed E-state index contributed by atoms with van der Waals surface area (Å²) in [5.74, 6) is 0.407. The third-order valence-corrected chi connectivity index (χ3v) is 5.75. The molecular formula is C21H26N4O3. The highest BCUT2D eigenvalue weighted by atomic mass is 16.2. The Kier molecular flexibility index (Phi) is 4.21. The van der Waals surface area contributed by atoms with Crippen LogP contribution in [0.1, 0.15) is 57.7 Å². The number of aromatic nitrogens is 2. The van der Waals surface area contributed by atoms with Crippen LogP contribution >= 0.6 is 0 Å². The molecule has 7 nitrogen and oxygen atoms in total. The van der Waals surface area contributed by atoms with Crippen molar-refractivity contribution in [1.82, 2.24) is 9.78 Å². The van der Waals surface area contributed by atoms with Crippen molar-refractivity contribution in [3.05, 3.63) is 45.7 Å². The van der Waals surface area contributed by atoms with E-state index in [0.29, 0.717) is 23.8 Å². The highest BCUT2D eigenvalue weighted by Crippen LogP contribution is 2.51. The third kappa shape index (κ3) is 2.45. The van der Waals surface area contributed by atoms with Gasteiger partial charge in [0.05, 0.1) is 12.0 Å². The number of anilines is 2. The van der Waals surface area contributed by atoms with Crippen LogP contribution < -0.4 is 15.8 Å². The van der Waals surface area contributed by atoms with E-state index in [4.69, 9.17) is 0 Å². The quantitative estimate of drug-likeness (QED) is 0.852. The van der Waals surface area contributed by atoms with E-state index in [9.17, 15) is 14.4 Å². The lowest BCUT2D eigenvalue weighted by molar-refractivity contribution is -0.126. The SMILES string of the molecule is CC(C)CCN1C(=O)[C@@]2(CC(=O)Nc3c2c(=O)[nH]n3C(C)C)c2ccccc21. The first-order valence-corrected chi connectivity index (χ1v) is 9.83. The number of hydrogen-bond donors (Lipinski definition) is 2. The molecule has 2 aliphatic heterocycles. The summed E-state index contributed by atoms with van der Waals surface area (Å²) in [6.07, 6.45) is 0.789. The molecule has 148 valence electrons. The van der Waals surface area contributed by atoms with Crippen LogP contribution in [-0.2, 0) is 15.0 Å². The van der Waals surface area contributed by atoms with E-state index in [0.717, 1.165) is 17.7 Å². The Morgan fingerprint density at radius 2 is 1.82 bits per heavy atom. The summed E-state index contributed by atoms with van der Waals surface area (Å²) >= 11 is 0. The van der Waals surface area contributed by atoms with Gasteiger partial charge in [0.25, 0.3) is 5.56 Å². The molecule has 0 saturated carbocycles. The van der Waals surface area contributed by atoms with Crippen LogP contribution in [0.4, 0.5) is 11.5 Å². The Bertz CT molecular complexity index is 1020. The van der Waals surface area contributed by atoms with Crippen LogP contribution in [-0.4, -0.2) is 28.1 Å². The predicted octanol–water partition coefficient (Wildman–Crippen LogP) is 2.78. The molecule has 0 unspecified atom stereocenters. The van der Waals surface area contributed by atoms with Gasteiger partial charge in [-0.2, -0.15) is 0 Å². The largest absolute Gasteiger partial charge is 0.311 e. The zero-order valence-electron chi connectivity index (χ0n) is 16.7. The summed E-state index contributed by atoms with van der Waals surface area (Å²) in [7, 11) is 0. The van der Waals surface area contributed by atoms with Gasteiger partial charge in [-0.1, -0.05) is 32.0 Å². The minimum Gasteiger partial charge on any atom is -0.311 e. The minimum atomic E-state index is -1.26. The molecule has 0 fully saturated rings. The number of benzene rings is 1. The van der Waals surface area contributed by atoms with E-state index in [2.05, 4.69) is 24.3 Å². The number of H-pyrrole nitrogens is 1. The fourth-order valence-electron chi connectivity index (χ4n) is 4.41. The van der Waals surface area contributed by atoms with Gasteiger partial charge in [0.15, 0.2) is 0 Å². The minimum absolute atomic E-state index is 0.0563. The lowest BCUT2D eigenvalue weighted by Crippen LogP contribution is -2.49. The third-order valence-electron chi connectivity index (χ3n) is 5.75. The number of hydrogen-bond acceptors (Lipinski definition) is 3. The molecule has 0 radical (unpaired) electrons. The van der Waals surface area contributed by atoms with Crippen molar-refractivity contribution >= 4 is 23.3 Å². The molecular weight excluding hydrogens is 356 g/mol. The smallest absolute Gasteiger partial charge is 0.270 e. The van der Waals surface area contributed by atoms with Crippen molar-refractivity contribution in [3.63, 3.8) is 0 Å². The van der Waals surface area contributed by atoms with E-state index < -0.39 is 5.41 Å². The molecule has 2 amide bonds. The summed E-state index contributed by atoms with van der Waals surface area (Å²) in [6, 6.07) is 7.47. The summed E-state index contributed by atoms with van der Waals surface area (Å²) in [5, 5.41) is 5.64. The predicted molar refractivity (Wildman–Crippen MR) is 108 cm³/mol. The topological polar surface area (TPSA) is 87.2 Å². The molecule has 2 aromatic rings. The van der Waals surface area contributed by atoms with Crippen LogP contribution in [0.25, 0.3) is 0 Å². The molecule has 1 spiro atoms. The van der Waals surface area contributed by atoms with Crippen LogP contribution in [0.3, 0.4) is 0 Å². The molecule has 2 N–H and O–H groups in total. The van der Waals surface area contributed by atoms with E-state index in [-0.39, 0.29) is 29.8 Å². The second-order valence-electron chi connectivity index (χ2n) is 8.42. The number of aromatic amines is 1. The Hall–Kier alpha value is -2.83. The summed E-state index contributed by atoms with van der Waals surface area (Å²) in [5.41, 5.74) is 0.305. The molecule has 28 heavy (non-hydrogen) atoms. The summed E-state index contributed by atoms with van der Waals surface area (Å²) in [6.45, 7) is 8.63. The molecule has 0 saturated heterocycles. The van der Waals surface area contributed by atoms with Crippen molar-refractivity contribution in [3.8, 4) is 0 Å². The van der Waals surface area contributed by atoms with Crippen LogP contribution in [0.5, 0.6) is 0 Å². The Morgan fingerprint density at radius 1 is 1.11 bits per heavy atom. The van der Waals surface area contributed by atoms with E-state index in [1.54, 1.807) is 9.58 Å². The molecule has 2 aliphatic rings. The number of para-hydroxylation sites is 1. The molecule has 1 aromatic heterocycles. The lowest BCUT2D eigenvalue weighted by Gasteiger charge is -2.32.